The van der Waals surface area contributed by atoms with Crippen molar-refractivity contribution in [2.24, 2.45) is 0 Å². The molecule has 0 radical (unpaired) electrons. The topological polar surface area (TPSA) is 45.5 Å². The van der Waals surface area contributed by atoms with Crippen LogP contribution in [-0.4, -0.2) is 45.4 Å². The van der Waals surface area contributed by atoms with Crippen LogP contribution in [-0.2, 0) is 16.0 Å². The van der Waals surface area contributed by atoms with Gasteiger partial charge in [-0.25, -0.2) is 4.39 Å². The Bertz CT molecular complexity index is 446. The number of benzene rings is 1. The molecule has 0 aliphatic carbocycles. The lowest BCUT2D eigenvalue weighted by molar-refractivity contribution is 0.129. The molecule has 20 heavy (non-hydrogen) atoms. The van der Waals surface area contributed by atoms with Crippen molar-refractivity contribution in [1.82, 2.24) is 4.90 Å². The molecule has 0 aliphatic rings. The maximum atomic E-state index is 13.3. The summed E-state index contributed by atoms with van der Waals surface area (Å²) in [5, 5.41) is 9.08. The quantitative estimate of drug-likeness (QED) is 0.650. The minimum atomic E-state index is -0.317. The minimum absolute atomic E-state index is 0.317. The number of halogens is 1. The van der Waals surface area contributed by atoms with Gasteiger partial charge in [0.25, 0.3) is 0 Å². The lowest BCUT2D eigenvalue weighted by Gasteiger charge is -2.22. The van der Waals surface area contributed by atoms with Crippen LogP contribution in [0.25, 0.3) is 0 Å². The molecule has 0 aliphatic heterocycles. The predicted molar refractivity (Wildman–Crippen MR) is 74.8 cm³/mol. The molecule has 0 atom stereocenters. The Morgan fingerprint density at radius 3 is 2.60 bits per heavy atom. The van der Waals surface area contributed by atoms with E-state index in [4.69, 9.17) is 14.7 Å². The van der Waals surface area contributed by atoms with E-state index in [2.05, 4.69) is 11.0 Å². The van der Waals surface area contributed by atoms with Crippen LogP contribution < -0.4 is 0 Å². The average Bonchev–Trinajstić information content (AvgIpc) is 2.45. The zero-order valence-electron chi connectivity index (χ0n) is 12.1. The first-order valence-electron chi connectivity index (χ1n) is 6.60. The first-order valence-corrected chi connectivity index (χ1v) is 6.60. The van der Waals surface area contributed by atoms with E-state index < -0.39 is 0 Å². The molecular formula is C15H21FN2O2. The van der Waals surface area contributed by atoms with Gasteiger partial charge in [-0.05, 0) is 30.2 Å². The van der Waals surface area contributed by atoms with Crippen molar-refractivity contribution in [2.45, 2.75) is 13.0 Å². The highest BCUT2D eigenvalue weighted by molar-refractivity contribution is 5.37. The van der Waals surface area contributed by atoms with Gasteiger partial charge in [0.1, 0.15) is 5.82 Å². The van der Waals surface area contributed by atoms with E-state index in [0.29, 0.717) is 30.9 Å². The smallest absolute Gasteiger partial charge is 0.123 e. The minimum Gasteiger partial charge on any atom is -0.385 e. The summed E-state index contributed by atoms with van der Waals surface area (Å²) < 4.78 is 23.4. The molecule has 0 unspecified atom stereocenters. The Kier molecular flexibility index (Phi) is 7.81. The molecule has 1 rings (SSSR count). The highest BCUT2D eigenvalue weighted by atomic mass is 19.1. The fourth-order valence-electron chi connectivity index (χ4n) is 1.97. The fourth-order valence-corrected chi connectivity index (χ4v) is 1.97. The summed E-state index contributed by atoms with van der Waals surface area (Å²) >= 11 is 0. The van der Waals surface area contributed by atoms with Crippen molar-refractivity contribution >= 4 is 0 Å². The molecule has 5 heteroatoms. The standard InChI is InChI=1S/C15H21FN2O2/c1-19-8-3-6-18(7-9-20-2)12-14-10-15(16)5-4-13(14)11-17/h4-5,10H,3,6-9,12H2,1-2H3. The Morgan fingerprint density at radius 1 is 1.20 bits per heavy atom. The third kappa shape index (κ3) is 5.66. The first-order chi connectivity index (χ1) is 9.71. The Hall–Kier alpha value is -1.48. The van der Waals surface area contributed by atoms with E-state index in [-0.39, 0.29) is 5.82 Å². The molecular weight excluding hydrogens is 259 g/mol. The summed E-state index contributed by atoms with van der Waals surface area (Å²) in [6.45, 7) is 3.37. The van der Waals surface area contributed by atoms with Crippen molar-refractivity contribution < 1.29 is 13.9 Å². The third-order valence-corrected chi connectivity index (χ3v) is 3.02. The third-order valence-electron chi connectivity index (χ3n) is 3.02. The van der Waals surface area contributed by atoms with E-state index in [1.165, 1.54) is 18.2 Å². The van der Waals surface area contributed by atoms with E-state index in [1.807, 2.05) is 0 Å². The van der Waals surface area contributed by atoms with Crippen LogP contribution in [0.3, 0.4) is 0 Å². The zero-order valence-corrected chi connectivity index (χ0v) is 12.1. The van der Waals surface area contributed by atoms with Gasteiger partial charge in [-0.3, -0.25) is 4.90 Å². The number of hydrogen-bond acceptors (Lipinski definition) is 4. The summed E-state index contributed by atoms with van der Waals surface area (Å²) in [6.07, 6.45) is 0.886. The van der Waals surface area contributed by atoms with Gasteiger partial charge >= 0.3 is 0 Å². The molecule has 0 bridgehead atoms. The molecule has 4 nitrogen and oxygen atoms in total. The Balaban J connectivity index is 2.72. The Morgan fingerprint density at radius 2 is 1.95 bits per heavy atom. The number of ether oxygens (including phenoxy) is 2. The molecule has 0 saturated heterocycles. The molecule has 1 aromatic rings. The van der Waals surface area contributed by atoms with Crippen molar-refractivity contribution in [3.8, 4) is 6.07 Å². The second-order valence-electron chi connectivity index (χ2n) is 4.53. The second kappa shape index (κ2) is 9.43. The summed E-state index contributed by atoms with van der Waals surface area (Å²) in [5.41, 5.74) is 1.22. The monoisotopic (exact) mass is 280 g/mol. The number of hydrogen-bond donors (Lipinski definition) is 0. The van der Waals surface area contributed by atoms with Gasteiger partial charge in [0, 0.05) is 40.5 Å². The molecule has 0 aromatic heterocycles. The highest BCUT2D eigenvalue weighted by Gasteiger charge is 2.10. The summed E-state index contributed by atoms with van der Waals surface area (Å²) in [7, 11) is 3.32. The van der Waals surface area contributed by atoms with Crippen LogP contribution in [0.1, 0.15) is 17.5 Å². The summed E-state index contributed by atoms with van der Waals surface area (Å²) in [4.78, 5) is 2.14. The largest absolute Gasteiger partial charge is 0.385 e. The van der Waals surface area contributed by atoms with Crippen LogP contribution in [0, 0.1) is 17.1 Å². The fraction of sp³-hybridized carbons (Fsp3) is 0.533. The van der Waals surface area contributed by atoms with Gasteiger partial charge in [0.2, 0.25) is 0 Å². The molecule has 0 heterocycles. The van der Waals surface area contributed by atoms with Crippen LogP contribution in [0.2, 0.25) is 0 Å². The van der Waals surface area contributed by atoms with Gasteiger partial charge < -0.3 is 9.47 Å². The predicted octanol–water partition coefficient (Wildman–Crippen LogP) is 2.18. The molecule has 0 amide bonds. The van der Waals surface area contributed by atoms with Crippen LogP contribution in [0.15, 0.2) is 18.2 Å². The normalized spacial score (nSPS) is 10.8. The first kappa shape index (κ1) is 16.6. The highest BCUT2D eigenvalue weighted by Crippen LogP contribution is 2.13. The lowest BCUT2D eigenvalue weighted by atomic mass is 10.1. The molecule has 0 spiro atoms. The average molecular weight is 280 g/mol. The summed E-state index contributed by atoms with van der Waals surface area (Å²) in [6, 6.07) is 6.36. The summed E-state index contributed by atoms with van der Waals surface area (Å²) in [5.74, 6) is -0.317. The number of rotatable bonds is 9. The molecule has 0 N–H and O–H groups in total. The van der Waals surface area contributed by atoms with Crippen LogP contribution in [0.5, 0.6) is 0 Å². The number of nitrogens with zero attached hydrogens (tertiary/aromatic N) is 2. The number of nitriles is 1. The maximum absolute atomic E-state index is 13.3. The van der Waals surface area contributed by atoms with Crippen molar-refractivity contribution in [3.63, 3.8) is 0 Å². The van der Waals surface area contributed by atoms with Gasteiger partial charge in [0.15, 0.2) is 0 Å². The second-order valence-corrected chi connectivity index (χ2v) is 4.53. The van der Waals surface area contributed by atoms with Crippen molar-refractivity contribution in [1.29, 1.82) is 5.26 Å². The van der Waals surface area contributed by atoms with E-state index in [0.717, 1.165) is 19.5 Å². The molecule has 0 saturated carbocycles. The number of methoxy groups -OCH3 is 2. The van der Waals surface area contributed by atoms with Gasteiger partial charge in [0.05, 0.1) is 18.2 Å². The van der Waals surface area contributed by atoms with E-state index in [1.54, 1.807) is 14.2 Å². The van der Waals surface area contributed by atoms with Gasteiger partial charge in [-0.15, -0.1) is 0 Å². The Labute approximate surface area is 119 Å². The molecule has 110 valence electrons. The van der Waals surface area contributed by atoms with Crippen molar-refractivity contribution in [2.75, 3.05) is 40.5 Å². The van der Waals surface area contributed by atoms with E-state index >= 15 is 0 Å². The zero-order chi connectivity index (χ0) is 14.8. The molecule has 0 fully saturated rings. The van der Waals surface area contributed by atoms with Crippen LogP contribution >= 0.6 is 0 Å². The van der Waals surface area contributed by atoms with E-state index in [9.17, 15) is 4.39 Å². The van der Waals surface area contributed by atoms with Crippen molar-refractivity contribution in [3.05, 3.63) is 35.1 Å². The molecule has 1 aromatic carbocycles. The van der Waals surface area contributed by atoms with Crippen LogP contribution in [0.4, 0.5) is 4.39 Å². The lowest BCUT2D eigenvalue weighted by Crippen LogP contribution is -2.29. The van der Waals surface area contributed by atoms with Gasteiger partial charge in [-0.1, -0.05) is 0 Å². The van der Waals surface area contributed by atoms with Gasteiger partial charge in [-0.2, -0.15) is 5.26 Å². The SMILES string of the molecule is COCCCN(CCOC)Cc1cc(F)ccc1C#N. The maximum Gasteiger partial charge on any atom is 0.123 e.